The lowest BCUT2D eigenvalue weighted by Gasteiger charge is -2.14. The van der Waals surface area contributed by atoms with Gasteiger partial charge in [0.05, 0.1) is 10.6 Å². The number of rotatable bonds is 4. The average molecular weight is 398 g/mol. The quantitative estimate of drug-likeness (QED) is 0.770. The summed E-state index contributed by atoms with van der Waals surface area (Å²) in [6.45, 7) is 4.07. The van der Waals surface area contributed by atoms with Gasteiger partial charge in [0.2, 0.25) is 5.91 Å². The lowest BCUT2D eigenvalue weighted by atomic mass is 10.1. The van der Waals surface area contributed by atoms with Gasteiger partial charge in [-0.2, -0.15) is 0 Å². The lowest BCUT2D eigenvalue weighted by Crippen LogP contribution is -2.18. The topological polar surface area (TPSA) is 53.8 Å². The van der Waals surface area contributed by atoms with Gasteiger partial charge in [0.25, 0.3) is 0 Å². The van der Waals surface area contributed by atoms with E-state index in [0.29, 0.717) is 5.75 Å². The predicted octanol–water partition coefficient (Wildman–Crippen LogP) is 5.21. The van der Waals surface area contributed by atoms with Gasteiger partial charge in [0.15, 0.2) is 5.66 Å². The summed E-state index contributed by atoms with van der Waals surface area (Å²) in [7, 11) is 0. The maximum atomic E-state index is 12.5. The second-order valence-corrected chi connectivity index (χ2v) is 9.11. The first-order valence-corrected chi connectivity index (χ1v) is 11.2. The Kier molecular flexibility index (Phi) is 5.19. The molecule has 1 aliphatic heterocycles. The van der Waals surface area contributed by atoms with Gasteiger partial charge in [-0.3, -0.25) is 9.79 Å². The Morgan fingerprint density at radius 2 is 2.04 bits per heavy atom. The molecule has 0 bridgehead atoms. The minimum atomic E-state index is -0.272. The number of benzene rings is 1. The van der Waals surface area contributed by atoms with Crippen LogP contribution in [0.3, 0.4) is 0 Å². The van der Waals surface area contributed by atoms with E-state index in [1.54, 1.807) is 11.3 Å². The molecule has 1 amide bonds. The number of nitrogens with zero attached hydrogens (tertiary/aromatic N) is 2. The Balaban J connectivity index is 1.46. The molecule has 1 spiro atoms. The first-order chi connectivity index (χ1) is 13.0. The van der Waals surface area contributed by atoms with Crippen LogP contribution in [0.1, 0.15) is 41.7 Å². The molecule has 1 aromatic heterocycles. The van der Waals surface area contributed by atoms with Crippen LogP contribution >= 0.6 is 23.1 Å². The molecule has 2 aliphatic rings. The van der Waals surface area contributed by atoms with Gasteiger partial charge in [-0.1, -0.05) is 35.5 Å². The first kappa shape index (κ1) is 18.4. The van der Waals surface area contributed by atoms with Gasteiger partial charge in [-0.25, -0.2) is 4.99 Å². The fourth-order valence-corrected chi connectivity index (χ4v) is 5.28. The van der Waals surface area contributed by atoms with Crippen molar-refractivity contribution in [1.82, 2.24) is 0 Å². The van der Waals surface area contributed by atoms with Crippen LogP contribution < -0.4 is 5.32 Å². The Hall–Kier alpha value is -1.92. The number of carbonyl (C=O) groups is 1. The van der Waals surface area contributed by atoms with Crippen LogP contribution in [0.25, 0.3) is 0 Å². The van der Waals surface area contributed by atoms with Gasteiger partial charge in [0, 0.05) is 5.69 Å². The molecule has 4 rings (SSSR count). The number of hydrogen-bond donors (Lipinski definition) is 1. The van der Waals surface area contributed by atoms with Crippen LogP contribution in [0.15, 0.2) is 45.7 Å². The normalized spacial score (nSPS) is 17.9. The van der Waals surface area contributed by atoms with Crippen molar-refractivity contribution in [3.63, 3.8) is 0 Å². The molecule has 1 aliphatic carbocycles. The van der Waals surface area contributed by atoms with E-state index in [-0.39, 0.29) is 11.6 Å². The average Bonchev–Trinajstić information content (AvgIpc) is 3.38. The molecule has 27 heavy (non-hydrogen) atoms. The Morgan fingerprint density at radius 1 is 1.22 bits per heavy atom. The van der Waals surface area contributed by atoms with Gasteiger partial charge in [-0.15, -0.1) is 11.3 Å². The fraction of sp³-hybridized carbons (Fsp3) is 0.381. The number of thioether (sulfide) groups is 1. The van der Waals surface area contributed by atoms with E-state index >= 15 is 0 Å². The molecule has 4 nitrogen and oxygen atoms in total. The van der Waals surface area contributed by atoms with Crippen molar-refractivity contribution in [2.45, 2.75) is 45.2 Å². The third-order valence-electron chi connectivity index (χ3n) is 4.99. The molecule has 1 N–H and O–H groups in total. The molecular formula is C21H23N3OS2. The number of nitrogens with one attached hydrogen (secondary N) is 1. The van der Waals surface area contributed by atoms with E-state index in [1.165, 1.54) is 30.2 Å². The van der Waals surface area contributed by atoms with Crippen LogP contribution in [0, 0.1) is 13.8 Å². The first-order valence-electron chi connectivity index (χ1n) is 9.29. The lowest BCUT2D eigenvalue weighted by molar-refractivity contribution is -0.113. The Bertz CT molecular complexity index is 910. The molecular weight excluding hydrogens is 374 g/mol. The van der Waals surface area contributed by atoms with E-state index in [1.807, 2.05) is 25.1 Å². The highest BCUT2D eigenvalue weighted by molar-refractivity contribution is 8.16. The predicted molar refractivity (Wildman–Crippen MR) is 116 cm³/mol. The number of aryl methyl sites for hydroxylation is 2. The highest BCUT2D eigenvalue weighted by Crippen LogP contribution is 2.40. The van der Waals surface area contributed by atoms with Gasteiger partial charge in [0.1, 0.15) is 10.8 Å². The van der Waals surface area contributed by atoms with Gasteiger partial charge < -0.3 is 5.32 Å². The van der Waals surface area contributed by atoms with Crippen molar-refractivity contribution in [1.29, 1.82) is 0 Å². The van der Waals surface area contributed by atoms with Crippen molar-refractivity contribution in [3.05, 3.63) is 51.7 Å². The van der Waals surface area contributed by atoms with Crippen molar-refractivity contribution < 1.29 is 4.79 Å². The van der Waals surface area contributed by atoms with Crippen LogP contribution in [0.5, 0.6) is 0 Å². The molecule has 0 radical (unpaired) electrons. The molecule has 140 valence electrons. The summed E-state index contributed by atoms with van der Waals surface area (Å²) in [4.78, 5) is 23.6. The third-order valence-corrected chi connectivity index (χ3v) is 6.83. The molecule has 2 heterocycles. The second-order valence-electron chi connectivity index (χ2n) is 7.20. The second kappa shape index (κ2) is 7.60. The number of carbonyl (C=O) groups excluding carboxylic acids is 1. The largest absolute Gasteiger partial charge is 0.325 e. The maximum absolute atomic E-state index is 12.5. The monoisotopic (exact) mass is 397 g/mol. The molecule has 0 saturated heterocycles. The minimum absolute atomic E-state index is 0.00689. The van der Waals surface area contributed by atoms with Crippen molar-refractivity contribution in [2.75, 3.05) is 11.1 Å². The maximum Gasteiger partial charge on any atom is 0.234 e. The van der Waals surface area contributed by atoms with Crippen LogP contribution in [0.2, 0.25) is 0 Å². The zero-order valence-electron chi connectivity index (χ0n) is 15.6. The minimum Gasteiger partial charge on any atom is -0.325 e. The number of amides is 1. The zero-order valence-corrected chi connectivity index (χ0v) is 17.3. The summed E-state index contributed by atoms with van der Waals surface area (Å²) in [5, 5.41) is 5.99. The third kappa shape index (κ3) is 4.01. The van der Waals surface area contributed by atoms with Crippen molar-refractivity contribution in [3.8, 4) is 0 Å². The summed E-state index contributed by atoms with van der Waals surface area (Å²) in [5.74, 6) is 0.333. The van der Waals surface area contributed by atoms with Crippen LogP contribution in [-0.2, 0) is 4.79 Å². The zero-order chi connectivity index (χ0) is 18.9. The summed E-state index contributed by atoms with van der Waals surface area (Å²) >= 11 is 3.18. The van der Waals surface area contributed by atoms with Gasteiger partial charge in [-0.05, 0) is 62.6 Å². The molecule has 6 heteroatoms. The summed E-state index contributed by atoms with van der Waals surface area (Å²) in [6, 6.07) is 10.2. The summed E-state index contributed by atoms with van der Waals surface area (Å²) < 4.78 is 0. The van der Waals surface area contributed by atoms with E-state index in [0.717, 1.165) is 39.7 Å². The Labute approximate surface area is 168 Å². The van der Waals surface area contributed by atoms with Crippen molar-refractivity contribution in [2.24, 2.45) is 9.98 Å². The smallest absolute Gasteiger partial charge is 0.234 e. The van der Waals surface area contributed by atoms with Crippen molar-refractivity contribution >= 4 is 45.4 Å². The molecule has 1 saturated carbocycles. The highest BCUT2D eigenvalue weighted by atomic mass is 32.2. The molecule has 0 unspecified atom stereocenters. The summed E-state index contributed by atoms with van der Waals surface area (Å²) in [6.07, 6.45) is 4.38. The number of hydrogen-bond acceptors (Lipinski definition) is 5. The van der Waals surface area contributed by atoms with E-state index in [2.05, 4.69) is 29.8 Å². The van der Waals surface area contributed by atoms with E-state index < -0.39 is 0 Å². The number of aliphatic imine (C=N–C) groups is 2. The number of thiophene rings is 1. The standard InChI is InChI=1S/C21H23N3OS2/c1-14-7-8-16(15(2)12-14)22-18(25)13-27-20-19(17-6-5-11-26-17)23-21(24-20)9-3-4-10-21/h5-8,11-12H,3-4,9-10,13H2,1-2H3,(H,22,25). The SMILES string of the molecule is Cc1ccc(NC(=O)CSC2=NC3(CCCC3)N=C2c2cccs2)c(C)c1. The Morgan fingerprint density at radius 3 is 2.74 bits per heavy atom. The number of anilines is 1. The molecule has 1 fully saturated rings. The fourth-order valence-electron chi connectivity index (χ4n) is 3.64. The molecule has 2 aromatic rings. The molecule has 0 atom stereocenters. The highest BCUT2D eigenvalue weighted by Gasteiger charge is 2.39. The van der Waals surface area contributed by atoms with Crippen LogP contribution in [-0.4, -0.2) is 28.1 Å². The van der Waals surface area contributed by atoms with E-state index in [9.17, 15) is 4.79 Å². The van der Waals surface area contributed by atoms with Gasteiger partial charge >= 0.3 is 0 Å². The molecule has 1 aromatic carbocycles. The van der Waals surface area contributed by atoms with E-state index in [4.69, 9.17) is 9.98 Å². The van der Waals surface area contributed by atoms with Crippen LogP contribution in [0.4, 0.5) is 5.69 Å². The summed E-state index contributed by atoms with van der Waals surface area (Å²) in [5.41, 5.74) is 3.84.